The third-order valence-electron chi connectivity index (χ3n) is 8.71. The van der Waals surface area contributed by atoms with Crippen LogP contribution in [0.4, 0.5) is 9.18 Å². The summed E-state index contributed by atoms with van der Waals surface area (Å²) >= 11 is 0. The van der Waals surface area contributed by atoms with Crippen molar-refractivity contribution >= 4 is 17.1 Å². The van der Waals surface area contributed by atoms with E-state index in [-0.39, 0.29) is 17.1 Å². The lowest BCUT2D eigenvalue weighted by Gasteiger charge is -2.36. The van der Waals surface area contributed by atoms with Gasteiger partial charge < -0.3 is 15.7 Å². The number of halogens is 1. The lowest BCUT2D eigenvalue weighted by Crippen LogP contribution is -2.53. The standard InChI is InChI=1S/C33H37FN6O4/c1-20-17-38(18-21(2)36-20)19-22-6-8-23(9-7-22)24-4-3-5-28(14-24)39-30-29(15-25(34)16-35-30)31(41)40(33(39)44)27-12-10-26(11-13-27)37-32(42)43/h3-9,14-16,20-21,26-27,36-37H,10-13,17-19H2,1-2H3,(H,42,43)/t20-,21+,26?,27?. The Bertz CT molecular complexity index is 1790. The van der Waals surface area contributed by atoms with E-state index >= 15 is 0 Å². The highest BCUT2D eigenvalue weighted by Gasteiger charge is 2.28. The number of hydrogen-bond donors (Lipinski definition) is 3. The van der Waals surface area contributed by atoms with Crippen molar-refractivity contribution in [3.8, 4) is 16.8 Å². The fourth-order valence-electron chi connectivity index (χ4n) is 6.85. The SMILES string of the molecule is C[C@@H]1CN(Cc2ccc(-c3cccc(-n4c(=O)n(C5CCC(NC(=O)O)CC5)c(=O)c5cc(F)cnc54)c3)cc2)C[C@H](C)N1. The van der Waals surface area contributed by atoms with E-state index in [1.807, 2.05) is 18.2 Å². The van der Waals surface area contributed by atoms with Crippen LogP contribution in [0.15, 0.2) is 70.4 Å². The zero-order valence-electron chi connectivity index (χ0n) is 24.9. The van der Waals surface area contributed by atoms with Gasteiger partial charge in [0.15, 0.2) is 5.65 Å². The Kier molecular flexibility index (Phi) is 8.33. The second-order valence-electron chi connectivity index (χ2n) is 12.2. The molecular weight excluding hydrogens is 563 g/mol. The molecule has 0 bridgehead atoms. The Hall–Kier alpha value is -4.35. The molecule has 10 nitrogen and oxygen atoms in total. The molecule has 2 aliphatic rings. The van der Waals surface area contributed by atoms with Gasteiger partial charge in [0.05, 0.1) is 17.3 Å². The molecule has 2 aromatic heterocycles. The number of piperazine rings is 1. The average molecular weight is 601 g/mol. The highest BCUT2D eigenvalue weighted by molar-refractivity contribution is 5.76. The van der Waals surface area contributed by atoms with E-state index in [4.69, 9.17) is 5.11 Å². The highest BCUT2D eigenvalue weighted by Crippen LogP contribution is 2.28. The maximum atomic E-state index is 14.3. The van der Waals surface area contributed by atoms with Gasteiger partial charge in [-0.05, 0) is 74.4 Å². The van der Waals surface area contributed by atoms with Gasteiger partial charge in [0.2, 0.25) is 0 Å². The van der Waals surface area contributed by atoms with E-state index in [1.54, 1.807) is 6.07 Å². The van der Waals surface area contributed by atoms with Crippen LogP contribution in [0.2, 0.25) is 0 Å². The van der Waals surface area contributed by atoms with Crippen LogP contribution in [0, 0.1) is 5.82 Å². The van der Waals surface area contributed by atoms with Crippen molar-refractivity contribution < 1.29 is 14.3 Å². The molecule has 1 saturated heterocycles. The maximum absolute atomic E-state index is 14.3. The van der Waals surface area contributed by atoms with E-state index in [0.29, 0.717) is 43.5 Å². The molecule has 3 N–H and O–H groups in total. The molecule has 11 heteroatoms. The second-order valence-corrected chi connectivity index (χ2v) is 12.2. The number of benzene rings is 2. The zero-order chi connectivity index (χ0) is 31.0. The van der Waals surface area contributed by atoms with Crippen molar-refractivity contribution in [2.45, 2.75) is 70.2 Å². The summed E-state index contributed by atoms with van der Waals surface area (Å²) in [7, 11) is 0. The fraction of sp³-hybridized carbons (Fsp3) is 0.394. The largest absolute Gasteiger partial charge is 0.465 e. The lowest BCUT2D eigenvalue weighted by atomic mass is 9.91. The first-order chi connectivity index (χ1) is 21.2. The Morgan fingerprint density at radius 1 is 1.00 bits per heavy atom. The normalized spacial score (nSPS) is 22.6. The Labute approximate surface area is 254 Å². The summed E-state index contributed by atoms with van der Waals surface area (Å²) in [5.41, 5.74) is 2.54. The first-order valence-electron chi connectivity index (χ1n) is 15.2. The minimum atomic E-state index is -1.10. The Morgan fingerprint density at radius 2 is 1.70 bits per heavy atom. The van der Waals surface area contributed by atoms with Crippen LogP contribution in [0.3, 0.4) is 0 Å². The van der Waals surface area contributed by atoms with E-state index in [2.05, 4.69) is 58.6 Å². The number of amides is 1. The van der Waals surface area contributed by atoms with E-state index in [1.165, 1.54) is 14.7 Å². The molecule has 1 aliphatic carbocycles. The van der Waals surface area contributed by atoms with Gasteiger partial charge in [-0.3, -0.25) is 14.3 Å². The molecule has 1 amide bonds. The van der Waals surface area contributed by atoms with E-state index in [9.17, 15) is 18.8 Å². The summed E-state index contributed by atoms with van der Waals surface area (Å²) in [6.45, 7) is 7.27. The smallest absolute Gasteiger partial charge is 0.404 e. The van der Waals surface area contributed by atoms with Gasteiger partial charge in [-0.2, -0.15) is 0 Å². The predicted octanol–water partition coefficient (Wildman–Crippen LogP) is 4.29. The third-order valence-corrected chi connectivity index (χ3v) is 8.71. The van der Waals surface area contributed by atoms with Crippen molar-refractivity contribution in [1.82, 2.24) is 29.7 Å². The van der Waals surface area contributed by atoms with Crippen molar-refractivity contribution in [2.75, 3.05) is 13.1 Å². The van der Waals surface area contributed by atoms with Crippen LogP contribution in [0.1, 0.15) is 51.1 Å². The van der Waals surface area contributed by atoms with Crippen molar-refractivity contribution in [1.29, 1.82) is 0 Å². The number of nitrogens with one attached hydrogen (secondary N) is 2. The molecule has 230 valence electrons. The van der Waals surface area contributed by atoms with Gasteiger partial charge in [-0.25, -0.2) is 23.5 Å². The Balaban J connectivity index is 1.34. The summed E-state index contributed by atoms with van der Waals surface area (Å²) in [6.07, 6.45) is 1.76. The van der Waals surface area contributed by atoms with Crippen molar-refractivity contribution in [3.63, 3.8) is 0 Å². The van der Waals surface area contributed by atoms with E-state index in [0.717, 1.165) is 43.0 Å². The molecule has 1 aliphatic heterocycles. The van der Waals surface area contributed by atoms with Crippen LogP contribution in [-0.4, -0.2) is 61.4 Å². The predicted molar refractivity (Wildman–Crippen MR) is 167 cm³/mol. The number of pyridine rings is 1. The number of aromatic nitrogens is 3. The molecule has 1 saturated carbocycles. The lowest BCUT2D eigenvalue weighted by molar-refractivity contribution is 0.166. The minimum Gasteiger partial charge on any atom is -0.465 e. The number of nitrogens with zero attached hydrogens (tertiary/aromatic N) is 4. The molecule has 4 aromatic rings. The minimum absolute atomic E-state index is 0.0155. The zero-order valence-corrected chi connectivity index (χ0v) is 24.9. The molecule has 2 atom stereocenters. The topological polar surface area (TPSA) is 121 Å². The molecule has 6 rings (SSSR count). The van der Waals surface area contributed by atoms with E-state index < -0.39 is 29.2 Å². The van der Waals surface area contributed by atoms with Crippen LogP contribution in [0.25, 0.3) is 27.8 Å². The van der Waals surface area contributed by atoms with Gasteiger partial charge in [0, 0.05) is 43.8 Å². The number of carbonyl (C=O) groups is 1. The first-order valence-corrected chi connectivity index (χ1v) is 15.2. The summed E-state index contributed by atoms with van der Waals surface area (Å²) in [4.78, 5) is 45.3. The van der Waals surface area contributed by atoms with Gasteiger partial charge >= 0.3 is 11.8 Å². The van der Waals surface area contributed by atoms with Crippen LogP contribution in [0.5, 0.6) is 0 Å². The molecule has 3 heterocycles. The number of hydrogen-bond acceptors (Lipinski definition) is 6. The fourth-order valence-corrected chi connectivity index (χ4v) is 6.85. The molecule has 2 aromatic carbocycles. The molecule has 2 fully saturated rings. The second kappa shape index (κ2) is 12.3. The van der Waals surface area contributed by atoms with Crippen molar-refractivity contribution in [3.05, 3.63) is 93.0 Å². The molecule has 0 unspecified atom stereocenters. The Morgan fingerprint density at radius 3 is 2.39 bits per heavy atom. The summed E-state index contributed by atoms with van der Waals surface area (Å²) in [5, 5.41) is 15.1. The third kappa shape index (κ3) is 6.15. The number of carboxylic acid groups (broad SMARTS) is 1. The summed E-state index contributed by atoms with van der Waals surface area (Å²) in [5.74, 6) is -0.667. The first kappa shape index (κ1) is 29.7. The summed E-state index contributed by atoms with van der Waals surface area (Å²) < 4.78 is 16.9. The molecule has 44 heavy (non-hydrogen) atoms. The number of fused-ring (bicyclic) bond motifs is 1. The maximum Gasteiger partial charge on any atom is 0.404 e. The van der Waals surface area contributed by atoms with Crippen molar-refractivity contribution in [2.24, 2.45) is 0 Å². The highest BCUT2D eigenvalue weighted by atomic mass is 19.1. The molecule has 0 spiro atoms. The molecule has 0 radical (unpaired) electrons. The summed E-state index contributed by atoms with van der Waals surface area (Å²) in [6, 6.07) is 17.2. The monoisotopic (exact) mass is 600 g/mol. The van der Waals surface area contributed by atoms with Crippen LogP contribution in [-0.2, 0) is 6.54 Å². The van der Waals surface area contributed by atoms with Gasteiger partial charge in [0.25, 0.3) is 5.56 Å². The van der Waals surface area contributed by atoms with Gasteiger partial charge in [0.1, 0.15) is 5.82 Å². The van der Waals surface area contributed by atoms with Gasteiger partial charge in [-0.1, -0.05) is 36.4 Å². The number of rotatable bonds is 6. The van der Waals surface area contributed by atoms with Gasteiger partial charge in [-0.15, -0.1) is 0 Å². The molecular formula is C33H37FN6O4. The quantitative estimate of drug-likeness (QED) is 0.302. The van der Waals surface area contributed by atoms with Crippen LogP contribution < -0.4 is 21.9 Å². The van der Waals surface area contributed by atoms with Crippen LogP contribution >= 0.6 is 0 Å². The average Bonchev–Trinajstić information content (AvgIpc) is 2.98.